The second-order valence-electron chi connectivity index (χ2n) is 4.60. The molecule has 2 heterocycles. The average Bonchev–Trinajstić information content (AvgIpc) is 2.94. The fraction of sp³-hybridized carbons (Fsp3) is 0.154. The van der Waals surface area contributed by atoms with Gasteiger partial charge in [-0.25, -0.2) is 18.4 Å². The third-order valence-corrected chi connectivity index (χ3v) is 2.67. The van der Waals surface area contributed by atoms with Gasteiger partial charge in [-0.2, -0.15) is 0 Å². The number of hydrogen-bond acceptors (Lipinski definition) is 7. The average molecular weight is 337 g/mol. The lowest BCUT2D eigenvalue weighted by Gasteiger charge is -2.01. The van der Waals surface area contributed by atoms with E-state index >= 15 is 0 Å². The summed E-state index contributed by atoms with van der Waals surface area (Å²) in [7, 11) is -3.92. The largest absolute Gasteiger partial charge is 0.748 e. The first kappa shape index (κ1) is 16.6. The lowest BCUT2D eigenvalue weighted by Crippen LogP contribution is -2.14. The van der Waals surface area contributed by atoms with Crippen molar-refractivity contribution >= 4 is 27.1 Å². The number of rotatable bonds is 3. The topological polar surface area (TPSA) is 145 Å². The van der Waals surface area contributed by atoms with Crippen molar-refractivity contribution in [1.29, 1.82) is 0 Å². The molecule has 0 saturated carbocycles. The zero-order valence-electron chi connectivity index (χ0n) is 12.1. The van der Waals surface area contributed by atoms with E-state index < -0.39 is 10.1 Å². The summed E-state index contributed by atoms with van der Waals surface area (Å²) < 4.78 is 27.2. The minimum Gasteiger partial charge on any atom is -0.748 e. The first-order valence-corrected chi connectivity index (χ1v) is 8.27. The summed E-state index contributed by atoms with van der Waals surface area (Å²) in [5, 5.41) is 12.5. The fourth-order valence-corrected chi connectivity index (χ4v) is 1.74. The van der Waals surface area contributed by atoms with Crippen molar-refractivity contribution in [1.82, 2.24) is 15.0 Å². The minimum atomic E-state index is -3.92. The molecular formula is C13H15N5O4S. The number of H-pyrrole nitrogens is 2. The van der Waals surface area contributed by atoms with Gasteiger partial charge in [0, 0.05) is 6.26 Å². The van der Waals surface area contributed by atoms with Crippen molar-refractivity contribution in [2.45, 2.75) is 6.54 Å². The number of hydrogen-bond donors (Lipinski definition) is 3. The molecule has 0 atom stereocenters. The number of phenols is 1. The van der Waals surface area contributed by atoms with Crippen LogP contribution in [0.25, 0.3) is 11.2 Å². The number of imidazole rings is 1. The van der Waals surface area contributed by atoms with Crippen LogP contribution in [0.15, 0.2) is 36.9 Å². The van der Waals surface area contributed by atoms with Crippen LogP contribution in [0.5, 0.6) is 5.75 Å². The number of aromatic amines is 2. The summed E-state index contributed by atoms with van der Waals surface area (Å²) in [4.78, 5) is 14.2. The Kier molecular flexibility index (Phi) is 5.09. The van der Waals surface area contributed by atoms with Crippen molar-refractivity contribution in [3.05, 3.63) is 42.5 Å². The first-order valence-electron chi connectivity index (χ1n) is 6.45. The molecule has 0 amide bonds. The first-order chi connectivity index (χ1) is 10.8. The number of anilines is 1. The normalized spacial score (nSPS) is 10.9. The van der Waals surface area contributed by atoms with E-state index in [-0.39, 0.29) is 5.75 Å². The number of phenolic OH excluding ortho intramolecular Hbond substituents is 1. The Hall–Kier alpha value is -2.72. The Morgan fingerprint density at radius 2 is 1.96 bits per heavy atom. The van der Waals surface area contributed by atoms with E-state index in [0.717, 1.165) is 16.9 Å². The van der Waals surface area contributed by atoms with Crippen LogP contribution in [0.2, 0.25) is 0 Å². The molecule has 0 bridgehead atoms. The highest BCUT2D eigenvalue weighted by Gasteiger charge is 2.10. The van der Waals surface area contributed by atoms with Crippen LogP contribution in [0.4, 0.5) is 5.82 Å². The van der Waals surface area contributed by atoms with Crippen molar-refractivity contribution in [2.24, 2.45) is 0 Å². The van der Waals surface area contributed by atoms with Crippen LogP contribution in [-0.4, -0.2) is 39.3 Å². The van der Waals surface area contributed by atoms with Crippen molar-refractivity contribution in [3.8, 4) is 5.75 Å². The van der Waals surface area contributed by atoms with Gasteiger partial charge in [0.1, 0.15) is 5.75 Å². The SMILES string of the molecule is CS(=O)(=O)[O-].Oc1ccc(CNc2[nH+]cnc3nc[nH]c23)cc1. The molecule has 0 radical (unpaired) electrons. The monoisotopic (exact) mass is 337 g/mol. The number of fused-ring (bicyclic) bond motifs is 1. The van der Waals surface area contributed by atoms with Gasteiger partial charge in [-0.1, -0.05) is 17.1 Å². The molecule has 3 rings (SSSR count). The predicted molar refractivity (Wildman–Crippen MR) is 81.5 cm³/mol. The molecule has 0 aliphatic rings. The summed E-state index contributed by atoms with van der Waals surface area (Å²) in [6.07, 6.45) is 3.81. The molecule has 9 nitrogen and oxygen atoms in total. The van der Waals surface area contributed by atoms with E-state index in [2.05, 4.69) is 25.3 Å². The Balaban J connectivity index is 0.000000338. The lowest BCUT2D eigenvalue weighted by atomic mass is 10.2. The smallest absolute Gasteiger partial charge is 0.260 e. The quantitative estimate of drug-likeness (QED) is 0.581. The maximum Gasteiger partial charge on any atom is 0.260 e. The number of nitrogens with zero attached hydrogens (tertiary/aromatic N) is 2. The molecule has 0 aliphatic heterocycles. The molecule has 122 valence electrons. The van der Waals surface area contributed by atoms with E-state index in [9.17, 15) is 5.11 Å². The van der Waals surface area contributed by atoms with Gasteiger partial charge in [0.2, 0.25) is 12.1 Å². The Morgan fingerprint density at radius 1 is 1.30 bits per heavy atom. The molecule has 10 heteroatoms. The second-order valence-corrected chi connectivity index (χ2v) is 6.01. The van der Waals surface area contributed by atoms with E-state index in [1.54, 1.807) is 24.8 Å². The van der Waals surface area contributed by atoms with E-state index in [1.807, 2.05) is 12.1 Å². The van der Waals surface area contributed by atoms with Gasteiger partial charge in [-0.05, 0) is 17.7 Å². The number of nitrogens with one attached hydrogen (secondary N) is 3. The van der Waals surface area contributed by atoms with Crippen LogP contribution < -0.4 is 10.3 Å². The molecule has 23 heavy (non-hydrogen) atoms. The minimum absolute atomic E-state index is 0.269. The van der Waals surface area contributed by atoms with Gasteiger partial charge in [-0.15, -0.1) is 0 Å². The summed E-state index contributed by atoms with van der Waals surface area (Å²) >= 11 is 0. The zero-order valence-corrected chi connectivity index (χ0v) is 13.0. The van der Waals surface area contributed by atoms with Crippen LogP contribution in [-0.2, 0) is 16.7 Å². The second kappa shape index (κ2) is 7.03. The maximum atomic E-state index is 9.21. The van der Waals surface area contributed by atoms with Gasteiger partial charge >= 0.3 is 0 Å². The highest BCUT2D eigenvalue weighted by molar-refractivity contribution is 7.84. The zero-order chi connectivity index (χ0) is 16.9. The third kappa shape index (κ3) is 5.52. The molecule has 1 aromatic carbocycles. The molecule has 0 spiro atoms. The lowest BCUT2D eigenvalue weighted by molar-refractivity contribution is -0.364. The van der Waals surface area contributed by atoms with Gasteiger partial charge in [0.15, 0.2) is 5.52 Å². The summed E-state index contributed by atoms with van der Waals surface area (Å²) in [6, 6.07) is 7.07. The summed E-state index contributed by atoms with van der Waals surface area (Å²) in [5.41, 5.74) is 2.59. The van der Waals surface area contributed by atoms with Crippen LogP contribution in [0.1, 0.15) is 5.56 Å². The molecule has 4 N–H and O–H groups in total. The number of aromatic nitrogens is 4. The van der Waals surface area contributed by atoms with Crippen LogP contribution in [0.3, 0.4) is 0 Å². The van der Waals surface area contributed by atoms with Crippen LogP contribution in [0, 0.1) is 0 Å². The van der Waals surface area contributed by atoms with E-state index in [4.69, 9.17) is 13.0 Å². The molecule has 0 saturated heterocycles. The number of aromatic hydroxyl groups is 1. The Morgan fingerprint density at radius 3 is 2.61 bits per heavy atom. The summed E-state index contributed by atoms with van der Waals surface area (Å²) in [6.45, 7) is 0.648. The maximum absolute atomic E-state index is 9.21. The predicted octanol–water partition coefficient (Wildman–Crippen LogP) is 0.251. The van der Waals surface area contributed by atoms with Gasteiger partial charge in [0.05, 0.1) is 23.0 Å². The highest BCUT2D eigenvalue weighted by atomic mass is 32.2. The van der Waals surface area contributed by atoms with Crippen molar-refractivity contribution in [2.75, 3.05) is 11.6 Å². The van der Waals surface area contributed by atoms with Crippen molar-refractivity contribution < 1.29 is 23.1 Å². The summed E-state index contributed by atoms with van der Waals surface area (Å²) in [5.74, 6) is 1.11. The van der Waals surface area contributed by atoms with E-state index in [1.165, 1.54) is 0 Å². The van der Waals surface area contributed by atoms with Gasteiger partial charge in [0.25, 0.3) is 5.65 Å². The molecule has 0 aliphatic carbocycles. The highest BCUT2D eigenvalue weighted by Crippen LogP contribution is 2.14. The Bertz CT molecular complexity index is 869. The molecule has 2 aromatic heterocycles. The molecule has 3 aromatic rings. The van der Waals surface area contributed by atoms with Gasteiger partial charge in [-0.3, -0.25) is 5.32 Å². The third-order valence-electron chi connectivity index (χ3n) is 2.67. The molecule has 0 unspecified atom stereocenters. The molecular weight excluding hydrogens is 322 g/mol. The van der Waals surface area contributed by atoms with E-state index in [0.29, 0.717) is 18.4 Å². The fourth-order valence-electron chi connectivity index (χ4n) is 1.74. The van der Waals surface area contributed by atoms with Crippen molar-refractivity contribution in [3.63, 3.8) is 0 Å². The standard InChI is InChI=1S/C12H11N5O.CH4O3S/c18-9-3-1-8(2-4-9)5-13-11-10-12(15-6-14-10)17-7-16-11;1-5(2,3)4/h1-4,6-7,18H,5H2,(H2,13,14,15,16,17);1H3,(H,2,3,4). The molecule has 0 fully saturated rings. The Labute approximate surface area is 132 Å². The van der Waals surface area contributed by atoms with Gasteiger partial charge < -0.3 is 14.6 Å². The number of benzene rings is 1. The van der Waals surface area contributed by atoms with Crippen LogP contribution >= 0.6 is 0 Å².